The van der Waals surface area contributed by atoms with Gasteiger partial charge in [0.2, 0.25) is 0 Å². The summed E-state index contributed by atoms with van der Waals surface area (Å²) in [5.41, 5.74) is 1.36. The van der Waals surface area contributed by atoms with Gasteiger partial charge in [0.25, 0.3) is 21.3 Å². The van der Waals surface area contributed by atoms with Crippen molar-refractivity contribution in [2.24, 2.45) is 5.92 Å². The zero-order valence-electron chi connectivity index (χ0n) is 26.8. The van der Waals surface area contributed by atoms with Crippen molar-refractivity contribution < 1.29 is 28.4 Å². The molecule has 14 heteroatoms. The van der Waals surface area contributed by atoms with Crippen LogP contribution in [0.3, 0.4) is 0 Å². The van der Waals surface area contributed by atoms with Crippen molar-refractivity contribution in [2.45, 2.75) is 42.1 Å². The molecule has 0 N–H and O–H groups in total. The number of ether oxygens (including phenoxy) is 2. The third kappa shape index (κ3) is 10.3. The van der Waals surface area contributed by atoms with E-state index in [-0.39, 0.29) is 30.1 Å². The molecule has 2 unspecified atom stereocenters. The number of amides is 2. The Kier molecular flexibility index (Phi) is 12.7. The number of alkyl halides is 3. The first-order valence-electron chi connectivity index (χ1n) is 16.2. The average molecular weight is 736 g/mol. The number of benzene rings is 3. The Morgan fingerprint density at radius 3 is 2.47 bits per heavy atom. The first-order valence-corrected chi connectivity index (χ1v) is 17.3. The Hall–Kier alpha value is -3.48. The van der Waals surface area contributed by atoms with Gasteiger partial charge in [-0.3, -0.25) is 24.6 Å². The molecule has 3 aromatic carbocycles. The average Bonchev–Trinajstić information content (AvgIpc) is 3.10. The fourth-order valence-electron chi connectivity index (χ4n) is 6.38. The van der Waals surface area contributed by atoms with Crippen LogP contribution >= 0.6 is 34.8 Å². The summed E-state index contributed by atoms with van der Waals surface area (Å²) in [6.45, 7) is 4.62. The summed E-state index contributed by atoms with van der Waals surface area (Å²) >= 11 is 18.3. The van der Waals surface area contributed by atoms with Crippen molar-refractivity contribution in [1.82, 2.24) is 9.80 Å². The van der Waals surface area contributed by atoms with Crippen molar-refractivity contribution >= 4 is 58.0 Å². The second-order valence-corrected chi connectivity index (χ2v) is 14.5. The van der Waals surface area contributed by atoms with Gasteiger partial charge in [-0.15, -0.1) is 0 Å². The van der Waals surface area contributed by atoms with Gasteiger partial charge >= 0.3 is 0 Å². The lowest BCUT2D eigenvalue weighted by Crippen LogP contribution is -2.48. The molecule has 1 heterocycles. The van der Waals surface area contributed by atoms with Crippen LogP contribution in [0, 0.1) is 21.8 Å². The zero-order chi connectivity index (χ0) is 35.0. The molecule has 2 fully saturated rings. The maximum atomic E-state index is 14.0. The molecular formula is C35H38Cl3FN4O6. The molecule has 1 aliphatic heterocycles. The number of halogens is 4. The molecule has 0 radical (unpaired) electrons. The van der Waals surface area contributed by atoms with Gasteiger partial charge in [-0.1, -0.05) is 59.4 Å². The van der Waals surface area contributed by atoms with Crippen LogP contribution in [0.5, 0.6) is 5.75 Å². The Morgan fingerprint density at radius 1 is 1.02 bits per heavy atom. The number of morpholine rings is 1. The molecule has 0 bridgehead atoms. The molecule has 0 spiro atoms. The molecule has 1 aliphatic carbocycles. The van der Waals surface area contributed by atoms with E-state index >= 15 is 0 Å². The smallest absolute Gasteiger partial charge is 0.275 e. The minimum absolute atomic E-state index is 0.00781. The van der Waals surface area contributed by atoms with Gasteiger partial charge in [-0.25, -0.2) is 4.39 Å². The van der Waals surface area contributed by atoms with Crippen LogP contribution in [-0.4, -0.2) is 82.4 Å². The standard InChI is InChI=1S/C35H38Cl3FN4O6/c36-35(37,38)34(45)42(24-26-5-2-8-31(21-26)43(46)47)29-6-1-4-25(20-29)23-41(33(44)27-10-12-28(39)13-11-27)30-7-3-9-32(22-30)49-19-16-40-14-17-48-18-15-40/h2-3,5,7-13,21-22,25,29H,1,4,6,14-20,23-24H2. The summed E-state index contributed by atoms with van der Waals surface area (Å²) < 4.78 is 23.1. The lowest BCUT2D eigenvalue weighted by atomic mass is 9.84. The number of carbonyl (C=O) groups excluding carboxylic acids is 2. The predicted octanol–water partition coefficient (Wildman–Crippen LogP) is 7.05. The maximum absolute atomic E-state index is 14.0. The summed E-state index contributed by atoms with van der Waals surface area (Å²) in [6.07, 6.45) is 2.61. The molecule has 2 atom stereocenters. The van der Waals surface area contributed by atoms with Crippen LogP contribution in [0.25, 0.3) is 0 Å². The van der Waals surface area contributed by atoms with Crippen molar-refractivity contribution in [2.75, 3.05) is 50.9 Å². The molecule has 2 amide bonds. The van der Waals surface area contributed by atoms with E-state index in [1.54, 1.807) is 17.0 Å². The lowest BCUT2D eigenvalue weighted by Gasteiger charge is -2.40. The number of carbonyl (C=O) groups is 2. The van der Waals surface area contributed by atoms with Gasteiger partial charge in [0.1, 0.15) is 18.2 Å². The fourth-order valence-corrected chi connectivity index (χ4v) is 6.70. The van der Waals surface area contributed by atoms with Crippen LogP contribution in [0.15, 0.2) is 72.8 Å². The van der Waals surface area contributed by atoms with E-state index in [1.165, 1.54) is 41.3 Å². The molecule has 10 nitrogen and oxygen atoms in total. The summed E-state index contributed by atoms with van der Waals surface area (Å²) in [7, 11) is 0. The molecule has 1 saturated heterocycles. The number of nitro groups is 1. The van der Waals surface area contributed by atoms with Gasteiger partial charge in [0.15, 0.2) is 0 Å². The van der Waals surface area contributed by atoms with Gasteiger partial charge in [0.05, 0.1) is 18.1 Å². The topological polar surface area (TPSA) is 105 Å². The molecule has 49 heavy (non-hydrogen) atoms. The highest BCUT2D eigenvalue weighted by Gasteiger charge is 2.40. The second kappa shape index (κ2) is 17.0. The number of non-ortho nitro benzene ring substituents is 1. The number of hydrogen-bond donors (Lipinski definition) is 0. The first kappa shape index (κ1) is 36.8. The largest absolute Gasteiger partial charge is 0.492 e. The lowest BCUT2D eigenvalue weighted by molar-refractivity contribution is -0.384. The SMILES string of the molecule is O=C(c1ccc(F)cc1)N(CC1CCCC(N(Cc2cccc([N+](=O)[O-])c2)C(=O)C(Cl)(Cl)Cl)C1)c1cccc(OCCN2CCOCC2)c1. The van der Waals surface area contributed by atoms with Crippen LogP contribution < -0.4 is 9.64 Å². The Bertz CT molecular complexity index is 1600. The number of hydrogen-bond acceptors (Lipinski definition) is 7. The number of anilines is 1. The van der Waals surface area contributed by atoms with E-state index < -0.39 is 20.4 Å². The summed E-state index contributed by atoms with van der Waals surface area (Å²) in [4.78, 5) is 43.8. The highest BCUT2D eigenvalue weighted by Crippen LogP contribution is 2.36. The maximum Gasteiger partial charge on any atom is 0.275 e. The zero-order valence-corrected chi connectivity index (χ0v) is 29.1. The third-order valence-corrected chi connectivity index (χ3v) is 9.34. The number of nitro benzene ring substituents is 1. The predicted molar refractivity (Wildman–Crippen MR) is 187 cm³/mol. The second-order valence-electron chi connectivity index (χ2n) is 12.3. The minimum atomic E-state index is -2.24. The monoisotopic (exact) mass is 734 g/mol. The molecular weight excluding hydrogens is 698 g/mol. The minimum Gasteiger partial charge on any atom is -0.492 e. The van der Waals surface area contributed by atoms with Gasteiger partial charge < -0.3 is 19.3 Å². The van der Waals surface area contributed by atoms with Crippen LogP contribution in [0.2, 0.25) is 0 Å². The van der Waals surface area contributed by atoms with E-state index in [0.717, 1.165) is 32.5 Å². The normalized spacial score (nSPS) is 18.4. The quantitative estimate of drug-likeness (QED) is 0.112. The summed E-state index contributed by atoms with van der Waals surface area (Å²) in [5.74, 6) is -0.934. The number of rotatable bonds is 12. The van der Waals surface area contributed by atoms with E-state index in [4.69, 9.17) is 44.3 Å². The van der Waals surface area contributed by atoms with Gasteiger partial charge in [0, 0.05) is 68.2 Å². The van der Waals surface area contributed by atoms with E-state index in [9.17, 15) is 24.1 Å². The van der Waals surface area contributed by atoms with E-state index in [1.807, 2.05) is 24.3 Å². The molecule has 2 aliphatic rings. The Balaban J connectivity index is 1.36. The van der Waals surface area contributed by atoms with E-state index in [2.05, 4.69) is 4.90 Å². The molecule has 262 valence electrons. The highest BCUT2D eigenvalue weighted by atomic mass is 35.6. The molecule has 1 saturated carbocycles. The Labute approximate surface area is 299 Å². The van der Waals surface area contributed by atoms with Crippen molar-refractivity contribution in [1.29, 1.82) is 0 Å². The fraction of sp³-hybridized carbons (Fsp3) is 0.429. The van der Waals surface area contributed by atoms with Gasteiger partial charge in [-0.2, -0.15) is 0 Å². The van der Waals surface area contributed by atoms with Crippen molar-refractivity contribution in [3.63, 3.8) is 0 Å². The highest BCUT2D eigenvalue weighted by molar-refractivity contribution is 6.76. The third-order valence-electron chi connectivity index (χ3n) is 8.86. The number of nitrogens with zero attached hydrogens (tertiary/aromatic N) is 4. The van der Waals surface area contributed by atoms with Gasteiger partial charge in [-0.05, 0) is 67.1 Å². The van der Waals surface area contributed by atoms with Crippen LogP contribution in [-0.2, 0) is 16.1 Å². The Morgan fingerprint density at radius 2 is 1.76 bits per heavy atom. The van der Waals surface area contributed by atoms with Crippen molar-refractivity contribution in [3.8, 4) is 5.75 Å². The molecule has 3 aromatic rings. The van der Waals surface area contributed by atoms with E-state index in [0.29, 0.717) is 61.8 Å². The van der Waals surface area contributed by atoms with Crippen LogP contribution in [0.4, 0.5) is 15.8 Å². The summed E-state index contributed by atoms with van der Waals surface area (Å²) in [5, 5.41) is 11.4. The first-order chi connectivity index (χ1) is 23.5. The van der Waals surface area contributed by atoms with Crippen molar-refractivity contribution in [3.05, 3.63) is 99.9 Å². The summed E-state index contributed by atoms with van der Waals surface area (Å²) in [6, 6.07) is 18.4. The molecule has 0 aromatic heterocycles. The molecule has 5 rings (SSSR count). The van der Waals surface area contributed by atoms with Crippen LogP contribution in [0.1, 0.15) is 41.6 Å².